The maximum atomic E-state index is 9.15. The summed E-state index contributed by atoms with van der Waals surface area (Å²) in [5, 5.41) is 9.15. The Morgan fingerprint density at radius 3 is 2.58 bits per heavy atom. The van der Waals surface area contributed by atoms with E-state index in [9.17, 15) is 0 Å². The van der Waals surface area contributed by atoms with Gasteiger partial charge in [-0.1, -0.05) is 0 Å². The number of nitrogens with zero attached hydrogens (tertiary/aromatic N) is 1. The van der Waals surface area contributed by atoms with Crippen molar-refractivity contribution in [1.29, 1.82) is 0 Å². The molecule has 1 fully saturated rings. The first-order chi connectivity index (χ1) is 5.61. The zero-order valence-corrected chi connectivity index (χ0v) is 8.45. The van der Waals surface area contributed by atoms with Crippen molar-refractivity contribution < 1.29 is 5.11 Å². The van der Waals surface area contributed by atoms with Crippen molar-refractivity contribution in [2.24, 2.45) is 0 Å². The second kappa shape index (κ2) is 4.24. The number of aliphatic hydroxyl groups is 1. The highest BCUT2D eigenvalue weighted by molar-refractivity contribution is 4.82. The van der Waals surface area contributed by atoms with Crippen LogP contribution >= 0.6 is 0 Å². The van der Waals surface area contributed by atoms with Gasteiger partial charge in [-0.15, -0.1) is 0 Å². The Morgan fingerprint density at radius 2 is 2.17 bits per heavy atom. The second-order valence-corrected chi connectivity index (χ2v) is 4.17. The lowest BCUT2D eigenvalue weighted by Gasteiger charge is -2.23. The third kappa shape index (κ3) is 2.46. The molecule has 1 N–H and O–H groups in total. The van der Waals surface area contributed by atoms with Crippen molar-refractivity contribution in [2.45, 2.75) is 57.7 Å². The van der Waals surface area contributed by atoms with Gasteiger partial charge < -0.3 is 10.0 Å². The molecule has 1 aliphatic rings. The fourth-order valence-corrected chi connectivity index (χ4v) is 1.98. The van der Waals surface area contributed by atoms with E-state index < -0.39 is 0 Å². The van der Waals surface area contributed by atoms with Crippen LogP contribution in [0.1, 0.15) is 39.5 Å². The Bertz CT molecular complexity index is 136. The molecule has 0 amide bonds. The average Bonchev–Trinajstić information content (AvgIpc) is 2.30. The molecule has 1 aliphatic heterocycles. The van der Waals surface area contributed by atoms with E-state index in [-0.39, 0.29) is 6.10 Å². The number of hydrogen-bond donors (Lipinski definition) is 1. The van der Waals surface area contributed by atoms with E-state index in [0.29, 0.717) is 0 Å². The van der Waals surface area contributed by atoms with Crippen LogP contribution in [0, 0.1) is 0 Å². The van der Waals surface area contributed by atoms with Crippen LogP contribution in [0.25, 0.3) is 0 Å². The minimum Gasteiger partial charge on any atom is -0.393 e. The molecule has 0 saturated carbocycles. The van der Waals surface area contributed by atoms with Gasteiger partial charge in [0.1, 0.15) is 0 Å². The molecule has 0 aromatic carbocycles. The summed E-state index contributed by atoms with van der Waals surface area (Å²) in [6.07, 6.45) is 4.60. The third-order valence-electron chi connectivity index (χ3n) is 3.11. The fourth-order valence-electron chi connectivity index (χ4n) is 1.98. The smallest absolute Gasteiger partial charge is 0.0512 e. The lowest BCUT2D eigenvalue weighted by molar-refractivity contribution is 0.159. The molecule has 0 bridgehead atoms. The Hall–Kier alpha value is -0.0800. The van der Waals surface area contributed by atoms with Gasteiger partial charge in [0.25, 0.3) is 0 Å². The molecule has 0 spiro atoms. The van der Waals surface area contributed by atoms with E-state index in [4.69, 9.17) is 5.11 Å². The fraction of sp³-hybridized carbons (Fsp3) is 1.00. The average molecular weight is 171 g/mol. The SMILES string of the molecule is CC(O)CC[C@@H]1CC[C@H](C)N1C. The maximum absolute atomic E-state index is 9.15. The van der Waals surface area contributed by atoms with Gasteiger partial charge in [0, 0.05) is 12.1 Å². The summed E-state index contributed by atoms with van der Waals surface area (Å²) in [6, 6.07) is 1.46. The van der Waals surface area contributed by atoms with Gasteiger partial charge in [-0.05, 0) is 46.6 Å². The molecule has 72 valence electrons. The van der Waals surface area contributed by atoms with E-state index in [1.165, 1.54) is 12.8 Å². The Kier molecular flexibility index (Phi) is 3.53. The highest BCUT2D eigenvalue weighted by Gasteiger charge is 2.26. The van der Waals surface area contributed by atoms with Gasteiger partial charge in [0.2, 0.25) is 0 Å². The number of likely N-dealkylation sites (tertiary alicyclic amines) is 1. The molecule has 0 aliphatic carbocycles. The van der Waals surface area contributed by atoms with Gasteiger partial charge in [0.15, 0.2) is 0 Å². The van der Waals surface area contributed by atoms with E-state index in [1.54, 1.807) is 0 Å². The predicted molar refractivity (Wildman–Crippen MR) is 51.2 cm³/mol. The molecule has 2 heteroatoms. The van der Waals surface area contributed by atoms with E-state index in [2.05, 4.69) is 18.9 Å². The Labute approximate surface area is 75.6 Å². The van der Waals surface area contributed by atoms with Crippen molar-refractivity contribution in [2.75, 3.05) is 7.05 Å². The zero-order chi connectivity index (χ0) is 9.14. The van der Waals surface area contributed by atoms with E-state index in [0.717, 1.165) is 24.9 Å². The topological polar surface area (TPSA) is 23.5 Å². The second-order valence-electron chi connectivity index (χ2n) is 4.17. The van der Waals surface area contributed by atoms with Gasteiger partial charge in [0.05, 0.1) is 6.10 Å². The highest BCUT2D eigenvalue weighted by atomic mass is 16.3. The molecule has 0 radical (unpaired) electrons. The molecule has 3 atom stereocenters. The summed E-state index contributed by atoms with van der Waals surface area (Å²) in [6.45, 7) is 4.15. The molecule has 12 heavy (non-hydrogen) atoms. The Morgan fingerprint density at radius 1 is 1.50 bits per heavy atom. The van der Waals surface area contributed by atoms with Gasteiger partial charge in [-0.3, -0.25) is 0 Å². The summed E-state index contributed by atoms with van der Waals surface area (Å²) in [5.41, 5.74) is 0. The largest absolute Gasteiger partial charge is 0.393 e. The number of aliphatic hydroxyl groups excluding tert-OH is 1. The zero-order valence-electron chi connectivity index (χ0n) is 8.45. The quantitative estimate of drug-likeness (QED) is 0.697. The number of hydrogen-bond acceptors (Lipinski definition) is 2. The molecule has 1 rings (SSSR count). The van der Waals surface area contributed by atoms with Crippen LogP contribution in [-0.4, -0.2) is 35.2 Å². The molecule has 1 unspecified atom stereocenters. The molecule has 1 heterocycles. The third-order valence-corrected chi connectivity index (χ3v) is 3.11. The van der Waals surface area contributed by atoms with Gasteiger partial charge >= 0.3 is 0 Å². The van der Waals surface area contributed by atoms with Crippen LogP contribution in [0.3, 0.4) is 0 Å². The van der Waals surface area contributed by atoms with Crippen LogP contribution in [-0.2, 0) is 0 Å². The van der Waals surface area contributed by atoms with Crippen LogP contribution in [0.4, 0.5) is 0 Å². The minimum atomic E-state index is -0.130. The van der Waals surface area contributed by atoms with Crippen molar-refractivity contribution in [3.8, 4) is 0 Å². The van der Waals surface area contributed by atoms with Crippen molar-refractivity contribution in [3.05, 3.63) is 0 Å². The molecule has 0 aromatic heterocycles. The summed E-state index contributed by atoms with van der Waals surface area (Å²) in [7, 11) is 2.20. The standard InChI is InChI=1S/C10H21NO/c1-8-4-6-10(11(8)3)7-5-9(2)12/h8-10,12H,4-7H2,1-3H3/t8-,9?,10-/m0/s1. The van der Waals surface area contributed by atoms with Crippen LogP contribution in [0.2, 0.25) is 0 Å². The normalized spacial score (nSPS) is 34.0. The van der Waals surface area contributed by atoms with Crippen LogP contribution < -0.4 is 0 Å². The van der Waals surface area contributed by atoms with Crippen molar-refractivity contribution >= 4 is 0 Å². The molecule has 0 aromatic rings. The monoisotopic (exact) mass is 171 g/mol. The minimum absolute atomic E-state index is 0.130. The van der Waals surface area contributed by atoms with Crippen molar-refractivity contribution in [1.82, 2.24) is 4.90 Å². The summed E-state index contributed by atoms with van der Waals surface area (Å²) >= 11 is 0. The van der Waals surface area contributed by atoms with E-state index in [1.807, 2.05) is 6.92 Å². The summed E-state index contributed by atoms with van der Waals surface area (Å²) in [4.78, 5) is 2.45. The first kappa shape index (κ1) is 10.0. The maximum Gasteiger partial charge on any atom is 0.0512 e. The lowest BCUT2D eigenvalue weighted by atomic mass is 10.1. The summed E-state index contributed by atoms with van der Waals surface area (Å²) in [5.74, 6) is 0. The highest BCUT2D eigenvalue weighted by Crippen LogP contribution is 2.25. The first-order valence-corrected chi connectivity index (χ1v) is 5.01. The Balaban J connectivity index is 2.24. The molecular weight excluding hydrogens is 150 g/mol. The molecule has 1 saturated heterocycles. The lowest BCUT2D eigenvalue weighted by Crippen LogP contribution is -2.30. The molecule has 2 nitrogen and oxygen atoms in total. The van der Waals surface area contributed by atoms with E-state index >= 15 is 0 Å². The van der Waals surface area contributed by atoms with Crippen molar-refractivity contribution in [3.63, 3.8) is 0 Å². The van der Waals surface area contributed by atoms with Gasteiger partial charge in [-0.25, -0.2) is 0 Å². The van der Waals surface area contributed by atoms with Crippen LogP contribution in [0.15, 0.2) is 0 Å². The van der Waals surface area contributed by atoms with Gasteiger partial charge in [-0.2, -0.15) is 0 Å². The molecular formula is C10H21NO. The van der Waals surface area contributed by atoms with Crippen LogP contribution in [0.5, 0.6) is 0 Å². The summed E-state index contributed by atoms with van der Waals surface area (Å²) < 4.78 is 0. The number of rotatable bonds is 3. The first-order valence-electron chi connectivity index (χ1n) is 5.01. The predicted octanol–water partition coefficient (Wildman–Crippen LogP) is 1.63.